The Morgan fingerprint density at radius 3 is 2.47 bits per heavy atom. The highest BCUT2D eigenvalue weighted by molar-refractivity contribution is 7.89. The quantitative estimate of drug-likeness (QED) is 0.553. The van der Waals surface area contributed by atoms with Crippen molar-refractivity contribution in [2.75, 3.05) is 37.4 Å². The van der Waals surface area contributed by atoms with Gasteiger partial charge in [-0.15, -0.1) is 0 Å². The summed E-state index contributed by atoms with van der Waals surface area (Å²) in [5.41, 5.74) is 3.36. The lowest BCUT2D eigenvalue weighted by Gasteiger charge is -2.25. The van der Waals surface area contributed by atoms with E-state index in [1.807, 2.05) is 29.8 Å². The Morgan fingerprint density at radius 1 is 1.06 bits per heavy atom. The number of hydrogen-bond donors (Lipinski definition) is 1. The molecule has 1 N–H and O–H groups in total. The minimum absolute atomic E-state index is 0.0646. The van der Waals surface area contributed by atoms with Crippen LogP contribution in [0.25, 0.3) is 11.0 Å². The zero-order chi connectivity index (χ0) is 24.3. The van der Waals surface area contributed by atoms with Gasteiger partial charge in [0.05, 0.1) is 27.3 Å². The summed E-state index contributed by atoms with van der Waals surface area (Å²) in [7, 11) is 1.37. The van der Waals surface area contributed by atoms with Gasteiger partial charge < -0.3 is 14.8 Å². The third kappa shape index (κ3) is 5.10. The molecule has 182 valence electrons. The number of aromatic nitrogens is 2. The van der Waals surface area contributed by atoms with E-state index in [-0.39, 0.29) is 17.2 Å². The van der Waals surface area contributed by atoms with Crippen molar-refractivity contribution in [2.45, 2.75) is 43.4 Å². The first-order chi connectivity index (χ1) is 16.3. The van der Waals surface area contributed by atoms with E-state index in [9.17, 15) is 13.2 Å². The molecule has 1 saturated heterocycles. The maximum atomic E-state index is 12.8. The molecule has 34 heavy (non-hydrogen) atoms. The molecule has 2 heterocycles. The highest BCUT2D eigenvalue weighted by Gasteiger charge is 2.20. The summed E-state index contributed by atoms with van der Waals surface area (Å²) in [6.45, 7) is 2.02. The zero-order valence-corrected chi connectivity index (χ0v) is 20.9. The Bertz CT molecular complexity index is 1270. The summed E-state index contributed by atoms with van der Waals surface area (Å²) >= 11 is 0. The van der Waals surface area contributed by atoms with Crippen LogP contribution in [0.4, 0.5) is 11.4 Å². The van der Waals surface area contributed by atoms with Crippen LogP contribution in [0.1, 0.15) is 37.9 Å². The SMILES string of the molecule is CN(C)S(=O)(=O)c1ccc2c(c1)nc(CCC(=O)Nc1ccccc1N1CCCCCC1)n2C. The number of fused-ring (bicyclic) bond motifs is 1. The smallest absolute Gasteiger partial charge is 0.242 e. The Hall–Kier alpha value is -2.91. The molecular weight excluding hydrogens is 450 g/mol. The summed E-state index contributed by atoms with van der Waals surface area (Å²) in [4.78, 5) is 20.0. The minimum atomic E-state index is -3.53. The molecule has 1 fully saturated rings. The van der Waals surface area contributed by atoms with Crippen molar-refractivity contribution in [3.63, 3.8) is 0 Å². The van der Waals surface area contributed by atoms with E-state index in [0.717, 1.165) is 35.8 Å². The highest BCUT2D eigenvalue weighted by Crippen LogP contribution is 2.28. The summed E-state index contributed by atoms with van der Waals surface area (Å²) < 4.78 is 28.0. The fourth-order valence-corrected chi connectivity index (χ4v) is 5.35. The lowest BCUT2D eigenvalue weighted by atomic mass is 10.2. The predicted molar refractivity (Wildman–Crippen MR) is 136 cm³/mol. The van der Waals surface area contributed by atoms with Gasteiger partial charge in [0.1, 0.15) is 5.82 Å². The van der Waals surface area contributed by atoms with Gasteiger partial charge in [0, 0.05) is 47.1 Å². The number of carbonyl (C=O) groups excluding carboxylic acids is 1. The van der Waals surface area contributed by atoms with Crippen LogP contribution in [0.15, 0.2) is 47.4 Å². The van der Waals surface area contributed by atoms with E-state index in [1.54, 1.807) is 18.2 Å². The van der Waals surface area contributed by atoms with E-state index in [0.29, 0.717) is 11.9 Å². The Kier molecular flexibility index (Phi) is 7.23. The maximum Gasteiger partial charge on any atom is 0.242 e. The lowest BCUT2D eigenvalue weighted by Crippen LogP contribution is -2.25. The number of nitrogens with one attached hydrogen (secondary N) is 1. The fourth-order valence-electron chi connectivity index (χ4n) is 4.43. The van der Waals surface area contributed by atoms with Crippen LogP contribution in [0.5, 0.6) is 0 Å². The topological polar surface area (TPSA) is 87.5 Å². The van der Waals surface area contributed by atoms with Gasteiger partial charge in [0.2, 0.25) is 15.9 Å². The summed E-state index contributed by atoms with van der Waals surface area (Å²) in [5.74, 6) is 0.676. The molecule has 8 nitrogen and oxygen atoms in total. The molecule has 0 radical (unpaired) electrons. The number of carbonyl (C=O) groups is 1. The summed E-state index contributed by atoms with van der Waals surface area (Å²) in [5, 5.41) is 3.09. The van der Waals surface area contributed by atoms with Gasteiger partial charge >= 0.3 is 0 Å². The summed E-state index contributed by atoms with van der Waals surface area (Å²) in [6.07, 6.45) is 5.60. The molecule has 4 rings (SSSR count). The van der Waals surface area contributed by atoms with Gasteiger partial charge in [-0.3, -0.25) is 4.79 Å². The number of para-hydroxylation sites is 2. The molecule has 3 aromatic rings. The standard InChI is InChI=1S/C25H33N5O3S/c1-28(2)34(32,33)19-12-13-22-21(18-19)26-24(29(22)3)14-15-25(31)27-20-10-6-7-11-23(20)30-16-8-4-5-9-17-30/h6-7,10-13,18H,4-5,8-9,14-17H2,1-3H3,(H,27,31). The van der Waals surface area contributed by atoms with Crippen molar-refractivity contribution >= 4 is 38.3 Å². The average Bonchev–Trinajstić information content (AvgIpc) is 2.97. The number of sulfonamides is 1. The Balaban J connectivity index is 1.46. The van der Waals surface area contributed by atoms with Crippen molar-refractivity contribution < 1.29 is 13.2 Å². The normalized spacial score (nSPS) is 15.0. The molecule has 2 aromatic carbocycles. The van der Waals surface area contributed by atoms with Crippen molar-refractivity contribution in [1.82, 2.24) is 13.9 Å². The fraction of sp³-hybridized carbons (Fsp3) is 0.440. The average molecular weight is 484 g/mol. The molecular formula is C25H33N5O3S. The first-order valence-corrected chi connectivity index (χ1v) is 13.2. The van der Waals surface area contributed by atoms with E-state index in [4.69, 9.17) is 0 Å². The molecule has 9 heteroatoms. The van der Waals surface area contributed by atoms with E-state index in [1.165, 1.54) is 44.1 Å². The monoisotopic (exact) mass is 483 g/mol. The molecule has 0 saturated carbocycles. The minimum Gasteiger partial charge on any atom is -0.370 e. The van der Waals surface area contributed by atoms with Crippen LogP contribution < -0.4 is 10.2 Å². The van der Waals surface area contributed by atoms with Crippen LogP contribution in [-0.4, -0.2) is 55.4 Å². The van der Waals surface area contributed by atoms with Crippen LogP contribution in [0, 0.1) is 0 Å². The molecule has 0 bridgehead atoms. The third-order valence-electron chi connectivity index (χ3n) is 6.42. The second kappa shape index (κ2) is 10.1. The number of nitrogens with zero attached hydrogens (tertiary/aromatic N) is 4. The molecule has 0 unspecified atom stereocenters. The largest absolute Gasteiger partial charge is 0.370 e. The van der Waals surface area contributed by atoms with Crippen molar-refractivity contribution in [1.29, 1.82) is 0 Å². The number of hydrogen-bond acceptors (Lipinski definition) is 5. The molecule has 0 aliphatic carbocycles. The van der Waals surface area contributed by atoms with E-state index in [2.05, 4.69) is 21.3 Å². The van der Waals surface area contributed by atoms with Crippen molar-refractivity contribution in [2.24, 2.45) is 7.05 Å². The van der Waals surface area contributed by atoms with Gasteiger partial charge in [0.15, 0.2) is 0 Å². The highest BCUT2D eigenvalue weighted by atomic mass is 32.2. The first kappa shape index (κ1) is 24.2. The predicted octanol–water partition coefficient (Wildman–Crippen LogP) is 3.78. The van der Waals surface area contributed by atoms with Crippen molar-refractivity contribution in [3.8, 4) is 0 Å². The van der Waals surface area contributed by atoms with Crippen LogP contribution in [0.2, 0.25) is 0 Å². The second-order valence-electron chi connectivity index (χ2n) is 8.99. The molecule has 1 aliphatic rings. The number of benzene rings is 2. The number of anilines is 2. The number of rotatable bonds is 7. The van der Waals surface area contributed by atoms with Crippen LogP contribution in [-0.2, 0) is 28.3 Å². The molecule has 1 amide bonds. The van der Waals surface area contributed by atoms with E-state index >= 15 is 0 Å². The first-order valence-electron chi connectivity index (χ1n) is 11.8. The maximum absolute atomic E-state index is 12.8. The van der Waals surface area contributed by atoms with Gasteiger partial charge in [-0.1, -0.05) is 25.0 Å². The Morgan fingerprint density at radius 2 is 1.76 bits per heavy atom. The molecule has 1 aromatic heterocycles. The lowest BCUT2D eigenvalue weighted by molar-refractivity contribution is -0.116. The number of aryl methyl sites for hydroxylation is 2. The zero-order valence-electron chi connectivity index (χ0n) is 20.1. The van der Waals surface area contributed by atoms with Crippen molar-refractivity contribution in [3.05, 3.63) is 48.3 Å². The molecule has 0 spiro atoms. The number of imidazole rings is 1. The van der Waals surface area contributed by atoms with E-state index < -0.39 is 10.0 Å². The van der Waals surface area contributed by atoms with Gasteiger partial charge in [-0.2, -0.15) is 0 Å². The summed E-state index contributed by atoms with van der Waals surface area (Å²) in [6, 6.07) is 12.9. The van der Waals surface area contributed by atoms with Gasteiger partial charge in [-0.05, 0) is 43.2 Å². The van der Waals surface area contributed by atoms with Crippen LogP contribution in [0.3, 0.4) is 0 Å². The second-order valence-corrected chi connectivity index (χ2v) is 11.1. The third-order valence-corrected chi connectivity index (χ3v) is 8.24. The van der Waals surface area contributed by atoms with Gasteiger partial charge in [-0.25, -0.2) is 17.7 Å². The van der Waals surface area contributed by atoms with Gasteiger partial charge in [0.25, 0.3) is 0 Å². The number of amides is 1. The molecule has 0 atom stereocenters. The molecule has 1 aliphatic heterocycles. The Labute approximate surface area is 201 Å². The van der Waals surface area contributed by atoms with Crippen LogP contribution >= 0.6 is 0 Å².